The van der Waals surface area contributed by atoms with E-state index in [0.717, 1.165) is 6.42 Å². The monoisotopic (exact) mass is 502 g/mol. The Morgan fingerprint density at radius 3 is 2.42 bits per heavy atom. The lowest BCUT2D eigenvalue weighted by atomic mass is 9.43. The van der Waals surface area contributed by atoms with Crippen molar-refractivity contribution in [3.8, 4) is 0 Å². The summed E-state index contributed by atoms with van der Waals surface area (Å²) in [6, 6.07) is 0. The molecule has 4 aliphatic carbocycles. The molecule has 2 N–H and O–H groups in total. The molecule has 6 bridgehead atoms. The van der Waals surface area contributed by atoms with Crippen molar-refractivity contribution in [3.05, 3.63) is 0 Å². The SMILES string of the molecule is C[C@H]1C(=O)OC(C2O[C@]34CC5C(C[C@H]6O[C@H]7CC(=O)[C@@]5(C)[C@@]6(O)C7=O)C5C[C@@H](O3)C(C54)[C@@]2(C)O)[C@@H]1C. The molecular weight excluding hydrogens is 468 g/mol. The van der Waals surface area contributed by atoms with Crippen LogP contribution in [-0.2, 0) is 33.3 Å². The molecule has 0 aromatic carbocycles. The lowest BCUT2D eigenvalue weighted by molar-refractivity contribution is -0.369. The lowest BCUT2D eigenvalue weighted by Crippen LogP contribution is -2.74. The van der Waals surface area contributed by atoms with Crippen molar-refractivity contribution < 1.29 is 43.5 Å². The highest BCUT2D eigenvalue weighted by Gasteiger charge is 2.83. The number of fused-ring (bicyclic) bond motifs is 4. The lowest BCUT2D eigenvalue weighted by Gasteiger charge is -2.64. The number of ketones is 2. The van der Waals surface area contributed by atoms with Crippen LogP contribution in [0.5, 0.6) is 0 Å². The van der Waals surface area contributed by atoms with Crippen molar-refractivity contribution in [1.82, 2.24) is 0 Å². The number of hydrogen-bond donors (Lipinski definition) is 2. The van der Waals surface area contributed by atoms with Crippen molar-refractivity contribution in [3.63, 3.8) is 0 Å². The minimum Gasteiger partial charge on any atom is -0.459 e. The summed E-state index contributed by atoms with van der Waals surface area (Å²) in [5, 5.41) is 23.8. The van der Waals surface area contributed by atoms with Gasteiger partial charge in [0.15, 0.2) is 17.2 Å². The summed E-state index contributed by atoms with van der Waals surface area (Å²) in [4.78, 5) is 39.2. The standard InChI is InChI=1S/C27H34O9/c1-9-10(2)23(30)34-20(9)22-25(4,31)19-14-5-12-11-6-17-27(32)21(29)15(33-17)7-16(28)24(27,3)13(11)8-26(35-14,36-22)18(12)19/h9-15,17-20,22,31-32H,5-8H2,1-4H3/t9-,10-,11?,12?,13?,14-,15+,17-,18?,19?,20?,22?,24+,25-,26+,27+/m1/s1. The van der Waals surface area contributed by atoms with E-state index >= 15 is 0 Å². The van der Waals surface area contributed by atoms with Gasteiger partial charge in [-0.3, -0.25) is 14.4 Å². The molecule has 4 saturated heterocycles. The van der Waals surface area contributed by atoms with Crippen LogP contribution in [0.15, 0.2) is 0 Å². The minimum atomic E-state index is -1.83. The van der Waals surface area contributed by atoms with E-state index in [1.807, 2.05) is 13.8 Å². The normalized spacial score (nSPS) is 66.1. The highest BCUT2D eigenvalue weighted by atomic mass is 16.7. The maximum absolute atomic E-state index is 13.6. The summed E-state index contributed by atoms with van der Waals surface area (Å²) < 4.78 is 25.2. The predicted molar refractivity (Wildman–Crippen MR) is 119 cm³/mol. The van der Waals surface area contributed by atoms with Crippen LogP contribution in [0, 0.1) is 46.8 Å². The van der Waals surface area contributed by atoms with Crippen LogP contribution < -0.4 is 0 Å². The number of carbonyl (C=O) groups is 3. The van der Waals surface area contributed by atoms with Gasteiger partial charge in [0.05, 0.1) is 29.1 Å². The maximum Gasteiger partial charge on any atom is 0.309 e. The molecule has 8 aliphatic rings. The summed E-state index contributed by atoms with van der Waals surface area (Å²) >= 11 is 0. The molecule has 4 aliphatic heterocycles. The number of Topliss-reactive ketones (excluding diaryl/α,β-unsaturated/α-hetero) is 2. The summed E-state index contributed by atoms with van der Waals surface area (Å²) in [5.74, 6) is -2.64. The van der Waals surface area contributed by atoms with E-state index in [-0.39, 0.29) is 71.5 Å². The number of cyclic esters (lactones) is 1. The maximum atomic E-state index is 13.6. The molecule has 36 heavy (non-hydrogen) atoms. The van der Waals surface area contributed by atoms with Crippen LogP contribution in [0.25, 0.3) is 0 Å². The minimum absolute atomic E-state index is 0.00378. The molecule has 0 spiro atoms. The van der Waals surface area contributed by atoms with E-state index in [2.05, 4.69) is 0 Å². The van der Waals surface area contributed by atoms with Gasteiger partial charge in [-0.05, 0) is 44.4 Å². The van der Waals surface area contributed by atoms with E-state index in [0.29, 0.717) is 12.8 Å². The summed E-state index contributed by atoms with van der Waals surface area (Å²) in [6.45, 7) is 7.32. The number of hydrogen-bond acceptors (Lipinski definition) is 9. The van der Waals surface area contributed by atoms with Crippen molar-refractivity contribution >= 4 is 17.5 Å². The number of carbonyl (C=O) groups excluding carboxylic acids is 3. The van der Waals surface area contributed by atoms with Gasteiger partial charge in [0, 0.05) is 30.6 Å². The van der Waals surface area contributed by atoms with E-state index in [1.165, 1.54) is 0 Å². The van der Waals surface area contributed by atoms with Crippen molar-refractivity contribution in [2.75, 3.05) is 0 Å². The van der Waals surface area contributed by atoms with Gasteiger partial charge < -0.3 is 29.2 Å². The van der Waals surface area contributed by atoms with Crippen molar-refractivity contribution in [2.24, 2.45) is 46.8 Å². The first-order valence-electron chi connectivity index (χ1n) is 13.6. The Labute approximate surface area is 209 Å². The molecule has 16 atom stereocenters. The molecule has 4 heterocycles. The first-order valence-corrected chi connectivity index (χ1v) is 13.6. The second-order valence-corrected chi connectivity index (χ2v) is 13.5. The first kappa shape index (κ1) is 22.6. The van der Waals surface area contributed by atoms with Crippen molar-refractivity contribution in [2.45, 2.75) is 101 Å². The summed E-state index contributed by atoms with van der Waals surface area (Å²) in [5.41, 5.74) is -4.37. The average Bonchev–Trinajstić information content (AvgIpc) is 3.48. The Bertz CT molecular complexity index is 1120. The molecule has 8 fully saturated rings. The summed E-state index contributed by atoms with van der Waals surface area (Å²) in [6.07, 6.45) is -1.50. The Kier molecular flexibility index (Phi) is 3.92. The largest absolute Gasteiger partial charge is 0.459 e. The Morgan fingerprint density at radius 2 is 1.72 bits per heavy atom. The van der Waals surface area contributed by atoms with Gasteiger partial charge in [-0.25, -0.2) is 0 Å². The van der Waals surface area contributed by atoms with E-state index in [4.69, 9.17) is 18.9 Å². The fourth-order valence-corrected chi connectivity index (χ4v) is 10.5. The fourth-order valence-electron chi connectivity index (χ4n) is 10.5. The molecule has 8 rings (SSSR count). The third-order valence-electron chi connectivity index (χ3n) is 12.4. The predicted octanol–water partition coefficient (Wildman–Crippen LogP) is 0.768. The third kappa shape index (κ3) is 2.10. The van der Waals surface area contributed by atoms with Crippen LogP contribution in [0.2, 0.25) is 0 Å². The third-order valence-corrected chi connectivity index (χ3v) is 12.4. The Morgan fingerprint density at radius 1 is 0.972 bits per heavy atom. The quantitative estimate of drug-likeness (QED) is 0.500. The number of aliphatic hydroxyl groups is 2. The molecule has 9 heteroatoms. The number of rotatable bonds is 1. The molecule has 0 amide bonds. The molecule has 196 valence electrons. The van der Waals surface area contributed by atoms with Gasteiger partial charge in [0.25, 0.3) is 0 Å². The highest BCUT2D eigenvalue weighted by molar-refractivity contribution is 6.08. The fraction of sp³-hybridized carbons (Fsp3) is 0.889. The molecular formula is C27H34O9. The van der Waals surface area contributed by atoms with E-state index < -0.39 is 46.8 Å². The Hall–Kier alpha value is -1.39. The highest BCUT2D eigenvalue weighted by Crippen LogP contribution is 2.74. The zero-order valence-electron chi connectivity index (χ0n) is 21.0. The molecule has 0 radical (unpaired) electrons. The van der Waals surface area contributed by atoms with Crippen LogP contribution in [0.1, 0.15) is 53.4 Å². The van der Waals surface area contributed by atoms with Gasteiger partial charge in [-0.2, -0.15) is 0 Å². The Balaban J connectivity index is 1.23. The van der Waals surface area contributed by atoms with Gasteiger partial charge >= 0.3 is 5.97 Å². The van der Waals surface area contributed by atoms with Gasteiger partial charge in [-0.1, -0.05) is 13.8 Å². The smallest absolute Gasteiger partial charge is 0.309 e. The molecule has 7 unspecified atom stereocenters. The first-order chi connectivity index (χ1) is 16.9. The zero-order valence-corrected chi connectivity index (χ0v) is 21.0. The second-order valence-electron chi connectivity index (χ2n) is 13.5. The van der Waals surface area contributed by atoms with Crippen LogP contribution in [0.3, 0.4) is 0 Å². The van der Waals surface area contributed by atoms with Crippen LogP contribution in [-0.4, -0.2) is 75.3 Å². The van der Waals surface area contributed by atoms with E-state index in [9.17, 15) is 24.6 Å². The van der Waals surface area contributed by atoms with Crippen LogP contribution in [0.4, 0.5) is 0 Å². The van der Waals surface area contributed by atoms with Gasteiger partial charge in [0.1, 0.15) is 24.1 Å². The molecule has 0 aromatic rings. The summed E-state index contributed by atoms with van der Waals surface area (Å²) in [7, 11) is 0. The van der Waals surface area contributed by atoms with Gasteiger partial charge in [-0.15, -0.1) is 0 Å². The average molecular weight is 503 g/mol. The van der Waals surface area contributed by atoms with Gasteiger partial charge in [0.2, 0.25) is 0 Å². The topological polar surface area (TPSA) is 129 Å². The van der Waals surface area contributed by atoms with Crippen LogP contribution >= 0.6 is 0 Å². The second kappa shape index (κ2) is 6.25. The zero-order chi connectivity index (χ0) is 25.3. The molecule has 9 nitrogen and oxygen atoms in total. The molecule has 0 aromatic heterocycles. The number of esters is 1. The van der Waals surface area contributed by atoms with E-state index in [1.54, 1.807) is 13.8 Å². The number of ether oxygens (including phenoxy) is 4. The molecule has 4 saturated carbocycles. The van der Waals surface area contributed by atoms with Crippen molar-refractivity contribution in [1.29, 1.82) is 0 Å².